The Bertz CT molecular complexity index is 415. The highest BCUT2D eigenvalue weighted by Crippen LogP contribution is 2.37. The van der Waals surface area contributed by atoms with E-state index in [0.717, 1.165) is 29.7 Å². The highest BCUT2D eigenvalue weighted by Gasteiger charge is 2.24. The first-order chi connectivity index (χ1) is 8.92. The quantitative estimate of drug-likeness (QED) is 0.748. The largest absolute Gasteiger partial charge is 0.496 e. The molecule has 0 spiro atoms. The van der Waals surface area contributed by atoms with E-state index in [1.54, 1.807) is 7.11 Å². The maximum atomic E-state index is 5.55. The molecule has 1 rings (SSSR count). The highest BCUT2D eigenvalue weighted by molar-refractivity contribution is 9.10. The molecule has 0 amide bonds. The summed E-state index contributed by atoms with van der Waals surface area (Å²) in [5.41, 5.74) is 2.58. The lowest BCUT2D eigenvalue weighted by Gasteiger charge is -2.28. The van der Waals surface area contributed by atoms with Crippen LogP contribution in [0.4, 0.5) is 0 Å². The van der Waals surface area contributed by atoms with Gasteiger partial charge in [0.1, 0.15) is 5.75 Å². The second-order valence-electron chi connectivity index (χ2n) is 5.69. The third-order valence-corrected chi connectivity index (χ3v) is 4.42. The van der Waals surface area contributed by atoms with Crippen molar-refractivity contribution >= 4 is 15.9 Å². The summed E-state index contributed by atoms with van der Waals surface area (Å²) in [5, 5.41) is 3.47. The summed E-state index contributed by atoms with van der Waals surface area (Å²) in [6.45, 7) is 11.0. The van der Waals surface area contributed by atoms with Gasteiger partial charge < -0.3 is 10.1 Å². The summed E-state index contributed by atoms with van der Waals surface area (Å²) < 4.78 is 6.70. The Morgan fingerprint density at radius 1 is 1.26 bits per heavy atom. The van der Waals surface area contributed by atoms with Gasteiger partial charge in [-0.25, -0.2) is 0 Å². The van der Waals surface area contributed by atoms with Crippen LogP contribution in [0.5, 0.6) is 5.75 Å². The van der Waals surface area contributed by atoms with Crippen LogP contribution in [0.3, 0.4) is 0 Å². The molecular weight excluding hydrogens is 302 g/mol. The van der Waals surface area contributed by atoms with E-state index in [1.165, 1.54) is 17.5 Å². The summed E-state index contributed by atoms with van der Waals surface area (Å²) in [6.07, 6.45) is 2.28. The van der Waals surface area contributed by atoms with Crippen molar-refractivity contribution in [2.24, 2.45) is 0 Å². The summed E-state index contributed by atoms with van der Waals surface area (Å²) in [7, 11) is 1.75. The van der Waals surface area contributed by atoms with Gasteiger partial charge in [0.2, 0.25) is 0 Å². The van der Waals surface area contributed by atoms with Crippen LogP contribution < -0.4 is 10.1 Å². The zero-order valence-electron chi connectivity index (χ0n) is 12.8. The molecule has 0 aliphatic heterocycles. The van der Waals surface area contributed by atoms with Crippen LogP contribution in [0.25, 0.3) is 0 Å². The van der Waals surface area contributed by atoms with Gasteiger partial charge in [0, 0.05) is 10.0 Å². The number of halogens is 1. The maximum Gasteiger partial charge on any atom is 0.122 e. The van der Waals surface area contributed by atoms with Crippen LogP contribution in [-0.4, -0.2) is 20.2 Å². The predicted octanol–water partition coefficient (Wildman–Crippen LogP) is 4.43. The van der Waals surface area contributed by atoms with Gasteiger partial charge in [-0.2, -0.15) is 0 Å². The van der Waals surface area contributed by atoms with Crippen LogP contribution in [0.1, 0.15) is 44.7 Å². The number of rotatable bonds is 7. The third-order valence-electron chi connectivity index (χ3n) is 3.56. The molecule has 0 bridgehead atoms. The van der Waals surface area contributed by atoms with E-state index in [4.69, 9.17) is 4.74 Å². The average molecular weight is 328 g/mol. The molecule has 0 aliphatic carbocycles. The molecule has 19 heavy (non-hydrogen) atoms. The second-order valence-corrected chi connectivity index (χ2v) is 6.54. The van der Waals surface area contributed by atoms with Gasteiger partial charge in [0.05, 0.1) is 7.11 Å². The normalized spacial score (nSPS) is 11.7. The molecule has 0 radical (unpaired) electrons. The van der Waals surface area contributed by atoms with Gasteiger partial charge in [-0.1, -0.05) is 36.7 Å². The van der Waals surface area contributed by atoms with Gasteiger partial charge in [-0.05, 0) is 56.0 Å². The number of benzene rings is 1. The van der Waals surface area contributed by atoms with Gasteiger partial charge >= 0.3 is 0 Å². The van der Waals surface area contributed by atoms with Gasteiger partial charge in [-0.15, -0.1) is 0 Å². The Hall–Kier alpha value is -0.540. The zero-order chi connectivity index (χ0) is 14.5. The first-order valence-electron chi connectivity index (χ1n) is 6.97. The topological polar surface area (TPSA) is 21.3 Å². The summed E-state index contributed by atoms with van der Waals surface area (Å²) >= 11 is 3.62. The lowest BCUT2D eigenvalue weighted by Crippen LogP contribution is -2.26. The van der Waals surface area contributed by atoms with Crippen LogP contribution >= 0.6 is 15.9 Å². The first-order valence-corrected chi connectivity index (χ1v) is 7.77. The Kier molecular flexibility index (Phi) is 6.34. The van der Waals surface area contributed by atoms with Crippen molar-refractivity contribution in [3.05, 3.63) is 27.7 Å². The van der Waals surface area contributed by atoms with Crippen molar-refractivity contribution in [2.45, 2.75) is 46.0 Å². The molecule has 3 heteroatoms. The van der Waals surface area contributed by atoms with Crippen LogP contribution in [0.2, 0.25) is 0 Å². The molecular formula is C16H26BrNO. The molecule has 0 saturated carbocycles. The Morgan fingerprint density at radius 2 is 1.95 bits per heavy atom. The Morgan fingerprint density at radius 3 is 2.53 bits per heavy atom. The smallest absolute Gasteiger partial charge is 0.122 e. The zero-order valence-corrected chi connectivity index (χ0v) is 14.4. The van der Waals surface area contributed by atoms with Crippen molar-refractivity contribution in [3.8, 4) is 5.75 Å². The minimum Gasteiger partial charge on any atom is -0.496 e. The molecule has 1 N–H and O–H groups in total. The first kappa shape index (κ1) is 16.5. The Labute approximate surface area is 126 Å². The minimum atomic E-state index is 0.0995. The Balaban J connectivity index is 2.89. The molecule has 0 heterocycles. The molecule has 0 unspecified atom stereocenters. The van der Waals surface area contributed by atoms with Gasteiger partial charge in [0.25, 0.3) is 0 Å². The SMILES string of the molecule is CCCNCCC(C)(C)c1cc(Br)c(C)cc1OC. The third kappa shape index (κ3) is 4.50. The standard InChI is InChI=1S/C16H26BrNO/c1-6-8-18-9-7-16(3,4)13-11-14(17)12(2)10-15(13)19-5/h10-11,18H,6-9H2,1-5H3. The molecule has 0 aromatic heterocycles. The predicted molar refractivity (Wildman–Crippen MR) is 86.2 cm³/mol. The van der Waals surface area contributed by atoms with Crippen LogP contribution in [0.15, 0.2) is 16.6 Å². The summed E-state index contributed by atoms with van der Waals surface area (Å²) in [4.78, 5) is 0. The molecule has 0 aliphatic rings. The van der Waals surface area contributed by atoms with Crippen molar-refractivity contribution in [2.75, 3.05) is 20.2 Å². The van der Waals surface area contributed by atoms with Gasteiger partial charge in [0.15, 0.2) is 0 Å². The van der Waals surface area contributed by atoms with Gasteiger partial charge in [-0.3, -0.25) is 0 Å². The molecule has 1 aromatic carbocycles. The summed E-state index contributed by atoms with van der Waals surface area (Å²) in [6, 6.07) is 4.31. The van der Waals surface area contributed by atoms with E-state index < -0.39 is 0 Å². The van der Waals surface area contributed by atoms with Crippen molar-refractivity contribution in [1.82, 2.24) is 5.32 Å². The molecule has 0 saturated heterocycles. The van der Waals surface area contributed by atoms with E-state index in [2.05, 4.69) is 61.1 Å². The number of hydrogen-bond acceptors (Lipinski definition) is 2. The molecule has 1 aromatic rings. The fraction of sp³-hybridized carbons (Fsp3) is 0.625. The number of ether oxygens (including phenoxy) is 1. The monoisotopic (exact) mass is 327 g/mol. The fourth-order valence-corrected chi connectivity index (χ4v) is 2.53. The molecule has 2 nitrogen and oxygen atoms in total. The average Bonchev–Trinajstić information content (AvgIpc) is 2.37. The molecule has 0 fully saturated rings. The highest BCUT2D eigenvalue weighted by atomic mass is 79.9. The molecule has 0 atom stereocenters. The van der Waals surface area contributed by atoms with E-state index in [1.807, 2.05) is 0 Å². The van der Waals surface area contributed by atoms with Crippen molar-refractivity contribution in [3.63, 3.8) is 0 Å². The second kappa shape index (κ2) is 7.30. The summed E-state index contributed by atoms with van der Waals surface area (Å²) in [5.74, 6) is 0.987. The minimum absolute atomic E-state index is 0.0995. The van der Waals surface area contributed by atoms with E-state index in [-0.39, 0.29) is 5.41 Å². The van der Waals surface area contributed by atoms with Crippen molar-refractivity contribution < 1.29 is 4.74 Å². The maximum absolute atomic E-state index is 5.55. The van der Waals surface area contributed by atoms with E-state index in [9.17, 15) is 0 Å². The van der Waals surface area contributed by atoms with E-state index in [0.29, 0.717) is 0 Å². The number of methoxy groups -OCH3 is 1. The van der Waals surface area contributed by atoms with Crippen LogP contribution in [-0.2, 0) is 5.41 Å². The number of aryl methyl sites for hydroxylation is 1. The molecule has 108 valence electrons. The number of nitrogens with one attached hydrogen (secondary N) is 1. The lowest BCUT2D eigenvalue weighted by molar-refractivity contribution is 0.382. The van der Waals surface area contributed by atoms with Crippen molar-refractivity contribution in [1.29, 1.82) is 0 Å². The van der Waals surface area contributed by atoms with E-state index >= 15 is 0 Å². The fourth-order valence-electron chi connectivity index (χ4n) is 2.19. The lowest BCUT2D eigenvalue weighted by atomic mass is 9.80. The van der Waals surface area contributed by atoms with Crippen LogP contribution in [0, 0.1) is 6.92 Å². The number of hydrogen-bond donors (Lipinski definition) is 1.